The number of benzene rings is 2. The van der Waals surface area contributed by atoms with Crippen molar-refractivity contribution in [2.45, 2.75) is 19.4 Å². The molecule has 2 heterocycles. The first-order valence-corrected chi connectivity index (χ1v) is 10.7. The van der Waals surface area contributed by atoms with Gasteiger partial charge in [-0.1, -0.05) is 33.2 Å². The Bertz CT molecular complexity index is 1010. The van der Waals surface area contributed by atoms with Crippen molar-refractivity contribution in [2.75, 3.05) is 25.5 Å². The number of rotatable bonds is 6. The quantitative estimate of drug-likeness (QED) is 0.576. The normalized spacial score (nSPS) is 16.9. The number of likely N-dealkylation sites (tertiary alicyclic amines) is 1. The summed E-state index contributed by atoms with van der Waals surface area (Å²) in [6, 6.07) is 15.2. The van der Waals surface area contributed by atoms with Gasteiger partial charge in [-0.05, 0) is 55.8 Å². The Morgan fingerprint density at radius 1 is 1.27 bits per heavy atom. The number of anilines is 1. The van der Waals surface area contributed by atoms with Gasteiger partial charge in [-0.2, -0.15) is 4.98 Å². The fraction of sp³-hybridized carbons (Fsp3) is 0.318. The Morgan fingerprint density at radius 3 is 2.87 bits per heavy atom. The van der Waals surface area contributed by atoms with Crippen LogP contribution in [0.15, 0.2) is 57.5 Å². The van der Waals surface area contributed by atoms with E-state index in [2.05, 4.69) is 36.3 Å². The van der Waals surface area contributed by atoms with Gasteiger partial charge in [-0.3, -0.25) is 9.69 Å². The number of carbonyl (C=O) groups excluding carboxylic acids is 1. The van der Waals surface area contributed by atoms with Crippen LogP contribution in [0.25, 0.3) is 11.4 Å². The summed E-state index contributed by atoms with van der Waals surface area (Å²) in [5, 5.41) is 7.09. The summed E-state index contributed by atoms with van der Waals surface area (Å²) in [6.07, 6.45) is 1.79. The van der Waals surface area contributed by atoms with Crippen molar-refractivity contribution in [1.82, 2.24) is 15.0 Å². The SMILES string of the molecule is COc1ccccc1NC(=O)C1CCCN(Cc2nc(-c3ccc(Br)cc3)no2)C1. The highest BCUT2D eigenvalue weighted by molar-refractivity contribution is 9.10. The summed E-state index contributed by atoms with van der Waals surface area (Å²) >= 11 is 3.42. The van der Waals surface area contributed by atoms with E-state index in [1.54, 1.807) is 7.11 Å². The molecule has 0 bridgehead atoms. The minimum Gasteiger partial charge on any atom is -0.495 e. The van der Waals surface area contributed by atoms with Crippen molar-refractivity contribution >= 4 is 27.5 Å². The zero-order valence-corrected chi connectivity index (χ0v) is 18.3. The molecule has 3 aromatic rings. The Balaban J connectivity index is 1.37. The van der Waals surface area contributed by atoms with Crippen molar-refractivity contribution in [2.24, 2.45) is 5.92 Å². The summed E-state index contributed by atoms with van der Waals surface area (Å²) in [7, 11) is 1.60. The number of methoxy groups -OCH3 is 1. The van der Waals surface area contributed by atoms with Gasteiger partial charge in [0.2, 0.25) is 17.6 Å². The molecule has 1 aliphatic rings. The molecule has 0 saturated carbocycles. The van der Waals surface area contributed by atoms with Gasteiger partial charge in [-0.25, -0.2) is 0 Å². The minimum absolute atomic E-state index is 0.00489. The third-order valence-corrected chi connectivity index (χ3v) is 5.70. The minimum atomic E-state index is -0.0995. The number of aromatic nitrogens is 2. The lowest BCUT2D eigenvalue weighted by Gasteiger charge is -2.31. The van der Waals surface area contributed by atoms with E-state index in [9.17, 15) is 4.79 Å². The van der Waals surface area contributed by atoms with Crippen LogP contribution in [0.3, 0.4) is 0 Å². The first kappa shape index (κ1) is 20.6. The van der Waals surface area contributed by atoms with Crippen LogP contribution < -0.4 is 10.1 Å². The molecule has 1 saturated heterocycles. The Labute approximate surface area is 183 Å². The van der Waals surface area contributed by atoms with Crippen molar-refractivity contribution in [3.63, 3.8) is 0 Å². The first-order chi connectivity index (χ1) is 14.6. The molecule has 1 N–H and O–H groups in total. The van der Waals surface area contributed by atoms with Crippen LogP contribution in [0, 0.1) is 5.92 Å². The van der Waals surface area contributed by atoms with E-state index in [1.165, 1.54) is 0 Å². The van der Waals surface area contributed by atoms with Gasteiger partial charge >= 0.3 is 0 Å². The molecule has 7 nitrogen and oxygen atoms in total. The summed E-state index contributed by atoms with van der Waals surface area (Å²) in [6.45, 7) is 2.08. The van der Waals surface area contributed by atoms with Crippen LogP contribution in [-0.2, 0) is 11.3 Å². The van der Waals surface area contributed by atoms with Crippen LogP contribution in [0.2, 0.25) is 0 Å². The summed E-state index contributed by atoms with van der Waals surface area (Å²) in [4.78, 5) is 19.5. The van der Waals surface area contributed by atoms with Crippen LogP contribution >= 0.6 is 15.9 Å². The maximum absolute atomic E-state index is 12.8. The molecular formula is C22H23BrN4O3. The molecule has 1 fully saturated rings. The van der Waals surface area contributed by atoms with Crippen molar-refractivity contribution in [3.8, 4) is 17.1 Å². The van der Waals surface area contributed by atoms with Crippen molar-refractivity contribution < 1.29 is 14.1 Å². The molecule has 1 atom stereocenters. The zero-order valence-electron chi connectivity index (χ0n) is 16.7. The van der Waals surface area contributed by atoms with Gasteiger partial charge in [0.1, 0.15) is 5.75 Å². The van der Waals surface area contributed by atoms with E-state index in [0.29, 0.717) is 36.2 Å². The van der Waals surface area contributed by atoms with Crippen LogP contribution in [-0.4, -0.2) is 41.1 Å². The third kappa shape index (κ3) is 4.88. The zero-order chi connectivity index (χ0) is 20.9. The third-order valence-electron chi connectivity index (χ3n) is 5.17. The molecule has 2 aromatic carbocycles. The highest BCUT2D eigenvalue weighted by atomic mass is 79.9. The maximum atomic E-state index is 12.8. The summed E-state index contributed by atoms with van der Waals surface area (Å²) in [5.74, 6) is 1.69. The smallest absolute Gasteiger partial charge is 0.241 e. The van der Waals surface area contributed by atoms with Gasteiger partial charge in [0.05, 0.1) is 25.3 Å². The molecule has 0 radical (unpaired) electrons. The lowest BCUT2D eigenvalue weighted by atomic mass is 9.97. The maximum Gasteiger partial charge on any atom is 0.241 e. The molecule has 4 rings (SSSR count). The molecule has 1 aromatic heterocycles. The van der Waals surface area contributed by atoms with Gasteiger partial charge in [0.15, 0.2) is 0 Å². The molecule has 0 spiro atoms. The fourth-order valence-electron chi connectivity index (χ4n) is 3.62. The number of nitrogens with one attached hydrogen (secondary N) is 1. The second-order valence-electron chi connectivity index (χ2n) is 7.28. The van der Waals surface area contributed by atoms with Gasteiger partial charge in [-0.15, -0.1) is 0 Å². The largest absolute Gasteiger partial charge is 0.495 e. The Kier molecular flexibility index (Phi) is 6.44. The number of nitrogens with zero attached hydrogens (tertiary/aromatic N) is 3. The average Bonchev–Trinajstić information content (AvgIpc) is 3.23. The van der Waals surface area contributed by atoms with Crippen LogP contribution in [0.5, 0.6) is 5.75 Å². The van der Waals surface area contributed by atoms with Crippen molar-refractivity contribution in [3.05, 3.63) is 58.9 Å². The monoisotopic (exact) mass is 470 g/mol. The standard InChI is InChI=1S/C22H23BrN4O3/c1-29-19-7-3-2-6-18(19)24-22(28)16-5-4-12-27(13-16)14-20-25-21(26-30-20)15-8-10-17(23)11-9-15/h2-3,6-11,16H,4-5,12-14H2,1H3,(H,24,28). The van der Waals surface area contributed by atoms with Crippen LogP contribution in [0.1, 0.15) is 18.7 Å². The van der Waals surface area contributed by atoms with E-state index >= 15 is 0 Å². The number of piperidine rings is 1. The molecule has 156 valence electrons. The Hall–Kier alpha value is -2.71. The van der Waals surface area contributed by atoms with E-state index < -0.39 is 0 Å². The average molecular weight is 471 g/mol. The highest BCUT2D eigenvalue weighted by Crippen LogP contribution is 2.26. The van der Waals surface area contributed by atoms with Gasteiger partial charge in [0, 0.05) is 16.6 Å². The van der Waals surface area contributed by atoms with E-state index in [4.69, 9.17) is 9.26 Å². The summed E-state index contributed by atoms with van der Waals surface area (Å²) < 4.78 is 11.8. The van der Waals surface area contributed by atoms with Crippen LogP contribution in [0.4, 0.5) is 5.69 Å². The van der Waals surface area contributed by atoms with Gasteiger partial charge < -0.3 is 14.6 Å². The molecular weight excluding hydrogens is 448 g/mol. The van der Waals surface area contributed by atoms with E-state index in [0.717, 1.165) is 29.4 Å². The molecule has 30 heavy (non-hydrogen) atoms. The Morgan fingerprint density at radius 2 is 2.07 bits per heavy atom. The second kappa shape index (κ2) is 9.40. The fourth-order valence-corrected chi connectivity index (χ4v) is 3.89. The predicted octanol–water partition coefficient (Wildman–Crippen LogP) is 4.36. The number of carbonyl (C=O) groups is 1. The topological polar surface area (TPSA) is 80.5 Å². The highest BCUT2D eigenvalue weighted by Gasteiger charge is 2.27. The van der Waals surface area contributed by atoms with Crippen molar-refractivity contribution in [1.29, 1.82) is 0 Å². The van der Waals surface area contributed by atoms with E-state index in [-0.39, 0.29) is 11.8 Å². The predicted molar refractivity (Wildman–Crippen MR) is 117 cm³/mol. The second-order valence-corrected chi connectivity index (χ2v) is 8.20. The first-order valence-electron chi connectivity index (χ1n) is 9.87. The number of para-hydroxylation sites is 2. The molecule has 0 aliphatic carbocycles. The number of hydrogen-bond donors (Lipinski definition) is 1. The molecule has 8 heteroatoms. The molecule has 1 aliphatic heterocycles. The van der Waals surface area contributed by atoms with Gasteiger partial charge in [0.25, 0.3) is 0 Å². The number of halogens is 1. The molecule has 1 unspecified atom stereocenters. The summed E-state index contributed by atoms with van der Waals surface area (Å²) in [5.41, 5.74) is 1.60. The lowest BCUT2D eigenvalue weighted by molar-refractivity contribution is -0.121. The number of hydrogen-bond acceptors (Lipinski definition) is 6. The number of amides is 1. The molecule has 1 amide bonds. The van der Waals surface area contributed by atoms with E-state index in [1.807, 2.05) is 48.5 Å². The lowest BCUT2D eigenvalue weighted by Crippen LogP contribution is -2.40. The number of ether oxygens (including phenoxy) is 1.